The fraction of sp³-hybridized carbons (Fsp3) is 0.500. The van der Waals surface area contributed by atoms with Crippen molar-refractivity contribution in [3.63, 3.8) is 0 Å². The quantitative estimate of drug-likeness (QED) is 0.729. The normalized spacial score (nSPS) is 12.2. The summed E-state index contributed by atoms with van der Waals surface area (Å²) < 4.78 is 7.06. The highest BCUT2D eigenvalue weighted by molar-refractivity contribution is 5.92. The molecular formula is C16H23N5O2. The molecule has 23 heavy (non-hydrogen) atoms. The van der Waals surface area contributed by atoms with E-state index in [0.717, 1.165) is 11.4 Å². The van der Waals surface area contributed by atoms with Crippen molar-refractivity contribution in [2.75, 3.05) is 20.3 Å². The third kappa shape index (κ3) is 4.13. The van der Waals surface area contributed by atoms with E-state index >= 15 is 0 Å². The minimum absolute atomic E-state index is 0.0896. The van der Waals surface area contributed by atoms with Gasteiger partial charge in [0.25, 0.3) is 5.91 Å². The summed E-state index contributed by atoms with van der Waals surface area (Å²) in [5, 5.41) is 4.38. The Bertz CT molecular complexity index is 641. The minimum Gasteiger partial charge on any atom is -0.380 e. The maximum absolute atomic E-state index is 12.8. The van der Waals surface area contributed by atoms with Gasteiger partial charge in [-0.05, 0) is 32.9 Å². The fourth-order valence-corrected chi connectivity index (χ4v) is 2.29. The third-order valence-electron chi connectivity index (χ3n) is 3.71. The van der Waals surface area contributed by atoms with E-state index in [1.54, 1.807) is 28.9 Å². The highest BCUT2D eigenvalue weighted by Gasteiger charge is 2.23. The van der Waals surface area contributed by atoms with Crippen molar-refractivity contribution in [3.05, 3.63) is 41.7 Å². The van der Waals surface area contributed by atoms with Crippen LogP contribution < -0.4 is 0 Å². The van der Waals surface area contributed by atoms with Gasteiger partial charge in [0.05, 0.1) is 30.6 Å². The van der Waals surface area contributed by atoms with Gasteiger partial charge in [-0.1, -0.05) is 0 Å². The number of hydrogen-bond donors (Lipinski definition) is 0. The van der Waals surface area contributed by atoms with Crippen molar-refractivity contribution >= 4 is 5.91 Å². The zero-order chi connectivity index (χ0) is 16.8. The van der Waals surface area contributed by atoms with Gasteiger partial charge in [-0.2, -0.15) is 5.10 Å². The molecule has 0 radical (unpaired) electrons. The molecule has 0 unspecified atom stereocenters. The molecule has 7 nitrogen and oxygen atoms in total. The zero-order valence-corrected chi connectivity index (χ0v) is 14.1. The Morgan fingerprint density at radius 1 is 1.48 bits per heavy atom. The molecule has 0 fully saturated rings. The van der Waals surface area contributed by atoms with Crippen molar-refractivity contribution in [2.24, 2.45) is 0 Å². The summed E-state index contributed by atoms with van der Waals surface area (Å²) >= 11 is 0. The maximum atomic E-state index is 12.8. The molecular weight excluding hydrogens is 294 g/mol. The number of amides is 1. The predicted molar refractivity (Wildman–Crippen MR) is 86.0 cm³/mol. The second-order valence-electron chi connectivity index (χ2n) is 5.32. The average molecular weight is 317 g/mol. The SMILES string of the molecule is CCOCCn1nc(C)cc1C(=O)N(C)[C@@H](C)c1ccncn1. The first-order chi connectivity index (χ1) is 11.0. The van der Waals surface area contributed by atoms with Gasteiger partial charge in [0.2, 0.25) is 0 Å². The molecule has 2 rings (SSSR count). The molecule has 0 aliphatic carbocycles. The summed E-state index contributed by atoms with van der Waals surface area (Å²) in [5.41, 5.74) is 2.17. The number of ether oxygens (including phenoxy) is 1. The first-order valence-corrected chi connectivity index (χ1v) is 7.69. The van der Waals surface area contributed by atoms with Gasteiger partial charge < -0.3 is 9.64 Å². The van der Waals surface area contributed by atoms with Crippen LogP contribution in [0.25, 0.3) is 0 Å². The largest absolute Gasteiger partial charge is 0.380 e. The monoisotopic (exact) mass is 317 g/mol. The number of rotatable bonds is 7. The van der Waals surface area contributed by atoms with Crippen LogP contribution in [-0.4, -0.2) is 50.8 Å². The molecule has 2 aromatic heterocycles. The molecule has 0 saturated heterocycles. The van der Waals surface area contributed by atoms with Crippen LogP contribution in [0.5, 0.6) is 0 Å². The smallest absolute Gasteiger partial charge is 0.272 e. The van der Waals surface area contributed by atoms with Gasteiger partial charge in [-0.15, -0.1) is 0 Å². The Morgan fingerprint density at radius 2 is 2.26 bits per heavy atom. The molecule has 0 N–H and O–H groups in total. The second kappa shape index (κ2) is 7.82. The van der Waals surface area contributed by atoms with E-state index in [-0.39, 0.29) is 11.9 Å². The fourth-order valence-electron chi connectivity index (χ4n) is 2.29. The van der Waals surface area contributed by atoms with E-state index in [9.17, 15) is 4.79 Å². The Hall–Kier alpha value is -2.28. The molecule has 2 heterocycles. The lowest BCUT2D eigenvalue weighted by Gasteiger charge is -2.24. The van der Waals surface area contributed by atoms with Gasteiger partial charge in [-0.25, -0.2) is 9.97 Å². The Morgan fingerprint density at radius 3 is 2.91 bits per heavy atom. The van der Waals surface area contributed by atoms with Gasteiger partial charge in [0.15, 0.2) is 0 Å². The molecule has 7 heteroatoms. The van der Waals surface area contributed by atoms with E-state index in [2.05, 4.69) is 15.1 Å². The van der Waals surface area contributed by atoms with Crippen LogP contribution >= 0.6 is 0 Å². The molecule has 0 bridgehead atoms. The van der Waals surface area contributed by atoms with Crippen LogP contribution in [-0.2, 0) is 11.3 Å². The summed E-state index contributed by atoms with van der Waals surface area (Å²) in [6.07, 6.45) is 3.16. The summed E-state index contributed by atoms with van der Waals surface area (Å²) in [7, 11) is 1.77. The standard InChI is InChI=1S/C16H23N5O2/c1-5-23-9-8-21-15(10-12(2)19-21)16(22)20(4)13(3)14-6-7-17-11-18-14/h6-7,10-11,13H,5,8-9H2,1-4H3/t13-/m0/s1. The lowest BCUT2D eigenvalue weighted by atomic mass is 10.2. The van der Waals surface area contributed by atoms with Crippen molar-refractivity contribution in [2.45, 2.75) is 33.4 Å². The van der Waals surface area contributed by atoms with Crippen LogP contribution in [0, 0.1) is 6.92 Å². The summed E-state index contributed by atoms with van der Waals surface area (Å²) in [5.74, 6) is -0.0896. The molecule has 1 atom stereocenters. The van der Waals surface area contributed by atoms with Crippen LogP contribution in [0.2, 0.25) is 0 Å². The number of carbonyl (C=O) groups excluding carboxylic acids is 1. The Kier molecular flexibility index (Phi) is 5.81. The lowest BCUT2D eigenvalue weighted by Crippen LogP contribution is -2.32. The lowest BCUT2D eigenvalue weighted by molar-refractivity contribution is 0.0721. The topological polar surface area (TPSA) is 73.1 Å². The molecule has 0 spiro atoms. The van der Waals surface area contributed by atoms with Crippen LogP contribution in [0.3, 0.4) is 0 Å². The van der Waals surface area contributed by atoms with Crippen LogP contribution in [0.1, 0.15) is 41.8 Å². The van der Waals surface area contributed by atoms with Gasteiger partial charge in [-0.3, -0.25) is 9.48 Å². The summed E-state index contributed by atoms with van der Waals surface area (Å²) in [6, 6.07) is 3.46. The zero-order valence-electron chi connectivity index (χ0n) is 14.1. The van der Waals surface area contributed by atoms with E-state index < -0.39 is 0 Å². The molecule has 124 valence electrons. The molecule has 0 aliphatic heterocycles. The van der Waals surface area contributed by atoms with Gasteiger partial charge in [0, 0.05) is 19.9 Å². The van der Waals surface area contributed by atoms with Gasteiger partial charge in [0.1, 0.15) is 12.0 Å². The highest BCUT2D eigenvalue weighted by atomic mass is 16.5. The molecule has 0 aromatic carbocycles. The van der Waals surface area contributed by atoms with E-state index in [1.165, 1.54) is 6.33 Å². The van der Waals surface area contributed by atoms with Crippen molar-refractivity contribution in [1.29, 1.82) is 0 Å². The highest BCUT2D eigenvalue weighted by Crippen LogP contribution is 2.18. The molecule has 0 aliphatic rings. The van der Waals surface area contributed by atoms with Crippen LogP contribution in [0.4, 0.5) is 0 Å². The number of nitrogens with zero attached hydrogens (tertiary/aromatic N) is 5. The summed E-state index contributed by atoms with van der Waals surface area (Å²) in [4.78, 5) is 22.6. The van der Waals surface area contributed by atoms with Gasteiger partial charge >= 0.3 is 0 Å². The number of aromatic nitrogens is 4. The van der Waals surface area contributed by atoms with Crippen molar-refractivity contribution in [1.82, 2.24) is 24.6 Å². The first-order valence-electron chi connectivity index (χ1n) is 7.69. The first kappa shape index (κ1) is 17.1. The minimum atomic E-state index is -0.152. The van der Waals surface area contributed by atoms with E-state index in [4.69, 9.17) is 4.74 Å². The van der Waals surface area contributed by atoms with Crippen LogP contribution in [0.15, 0.2) is 24.7 Å². The Balaban J connectivity index is 2.16. The maximum Gasteiger partial charge on any atom is 0.272 e. The number of carbonyl (C=O) groups is 1. The molecule has 2 aromatic rings. The second-order valence-corrected chi connectivity index (χ2v) is 5.32. The molecule has 0 saturated carbocycles. The number of hydrogen-bond acceptors (Lipinski definition) is 5. The number of aryl methyl sites for hydroxylation is 1. The summed E-state index contributed by atoms with van der Waals surface area (Å²) in [6.45, 7) is 7.49. The average Bonchev–Trinajstić information content (AvgIpc) is 2.94. The molecule has 1 amide bonds. The Labute approximate surface area is 136 Å². The van der Waals surface area contributed by atoms with Crippen molar-refractivity contribution < 1.29 is 9.53 Å². The van der Waals surface area contributed by atoms with E-state index in [0.29, 0.717) is 25.5 Å². The predicted octanol–water partition coefficient (Wildman–Crippen LogP) is 1.85. The third-order valence-corrected chi connectivity index (χ3v) is 3.71. The van der Waals surface area contributed by atoms with E-state index in [1.807, 2.05) is 26.8 Å². The van der Waals surface area contributed by atoms with Crippen molar-refractivity contribution in [3.8, 4) is 0 Å².